The van der Waals surface area contributed by atoms with Crippen LogP contribution < -0.4 is 4.90 Å². The van der Waals surface area contributed by atoms with E-state index in [1.807, 2.05) is 38.1 Å². The van der Waals surface area contributed by atoms with E-state index >= 15 is 0 Å². The molecule has 1 aliphatic heterocycles. The minimum absolute atomic E-state index is 0.0276. The van der Waals surface area contributed by atoms with E-state index in [1.165, 1.54) is 0 Å². The van der Waals surface area contributed by atoms with E-state index in [1.54, 1.807) is 11.2 Å². The molecule has 1 aromatic carbocycles. The third kappa shape index (κ3) is 2.72. The maximum Gasteiger partial charge on any atom is 0.232 e. The van der Waals surface area contributed by atoms with E-state index in [0.29, 0.717) is 12.2 Å². The SMILES string of the molecule is Cc1cc(C)cc(N2C(=O)CC(c3ccco3)C3=C2CCCC3=O)c1. The van der Waals surface area contributed by atoms with Gasteiger partial charge in [0.1, 0.15) is 5.76 Å². The van der Waals surface area contributed by atoms with Crippen LogP contribution in [0.25, 0.3) is 0 Å². The average molecular weight is 335 g/mol. The van der Waals surface area contributed by atoms with Crippen LogP contribution in [-0.4, -0.2) is 11.7 Å². The molecular formula is C21H21NO3. The van der Waals surface area contributed by atoms with Gasteiger partial charge in [-0.05, 0) is 62.1 Å². The van der Waals surface area contributed by atoms with Gasteiger partial charge in [0.05, 0.1) is 12.2 Å². The fraction of sp³-hybridized carbons (Fsp3) is 0.333. The second-order valence-electron chi connectivity index (χ2n) is 6.98. The van der Waals surface area contributed by atoms with Gasteiger partial charge in [0.15, 0.2) is 5.78 Å². The molecule has 2 aliphatic rings. The predicted octanol–water partition coefficient (Wildman–Crippen LogP) is 4.42. The van der Waals surface area contributed by atoms with Crippen molar-refractivity contribution in [2.45, 2.75) is 45.4 Å². The Kier molecular flexibility index (Phi) is 3.83. The van der Waals surface area contributed by atoms with Crippen LogP contribution in [0, 0.1) is 13.8 Å². The van der Waals surface area contributed by atoms with Crippen molar-refractivity contribution in [2.24, 2.45) is 0 Å². The summed E-state index contributed by atoms with van der Waals surface area (Å²) in [5.41, 5.74) is 4.71. The second kappa shape index (κ2) is 6.03. The fourth-order valence-corrected chi connectivity index (χ4v) is 4.10. The number of furan rings is 1. The number of benzene rings is 1. The third-order valence-corrected chi connectivity index (χ3v) is 5.03. The van der Waals surface area contributed by atoms with Gasteiger partial charge in [0.2, 0.25) is 5.91 Å². The summed E-state index contributed by atoms with van der Waals surface area (Å²) in [6.07, 6.45) is 3.95. The van der Waals surface area contributed by atoms with Crippen LogP contribution >= 0.6 is 0 Å². The summed E-state index contributed by atoms with van der Waals surface area (Å²) in [5, 5.41) is 0. The highest BCUT2D eigenvalue weighted by atomic mass is 16.3. The van der Waals surface area contributed by atoms with Crippen LogP contribution in [0.2, 0.25) is 0 Å². The Hall–Kier alpha value is -2.62. The van der Waals surface area contributed by atoms with Gasteiger partial charge in [-0.25, -0.2) is 0 Å². The van der Waals surface area contributed by atoms with Gasteiger partial charge in [0, 0.05) is 29.8 Å². The molecule has 0 N–H and O–H groups in total. The number of carbonyl (C=O) groups excluding carboxylic acids is 2. The number of anilines is 1. The molecule has 1 unspecified atom stereocenters. The van der Waals surface area contributed by atoms with Crippen molar-refractivity contribution in [1.29, 1.82) is 0 Å². The van der Waals surface area contributed by atoms with Gasteiger partial charge in [-0.1, -0.05) is 6.07 Å². The lowest BCUT2D eigenvalue weighted by Crippen LogP contribution is -2.40. The Labute approximate surface area is 147 Å². The molecule has 0 fully saturated rings. The smallest absolute Gasteiger partial charge is 0.232 e. The summed E-state index contributed by atoms with van der Waals surface area (Å²) in [7, 11) is 0. The molecule has 0 radical (unpaired) electrons. The normalized spacial score (nSPS) is 20.9. The Bertz CT molecular complexity index is 856. The van der Waals surface area contributed by atoms with Crippen molar-refractivity contribution in [2.75, 3.05) is 4.90 Å². The molecule has 4 rings (SSSR count). The molecule has 0 saturated carbocycles. The lowest BCUT2D eigenvalue weighted by molar-refractivity contribution is -0.120. The Morgan fingerprint density at radius 2 is 1.84 bits per heavy atom. The highest BCUT2D eigenvalue weighted by Gasteiger charge is 2.40. The molecule has 0 spiro atoms. The number of hydrogen-bond donors (Lipinski definition) is 0. The van der Waals surface area contributed by atoms with E-state index in [4.69, 9.17) is 4.42 Å². The zero-order chi connectivity index (χ0) is 17.6. The first-order valence-corrected chi connectivity index (χ1v) is 8.75. The number of amides is 1. The lowest BCUT2D eigenvalue weighted by Gasteiger charge is -2.37. The van der Waals surface area contributed by atoms with Crippen molar-refractivity contribution in [3.05, 3.63) is 64.8 Å². The Morgan fingerprint density at radius 3 is 2.52 bits per heavy atom. The highest BCUT2D eigenvalue weighted by Crippen LogP contribution is 2.43. The van der Waals surface area contributed by atoms with E-state index < -0.39 is 0 Å². The van der Waals surface area contributed by atoms with Gasteiger partial charge in [0.25, 0.3) is 0 Å². The highest BCUT2D eigenvalue weighted by molar-refractivity contribution is 6.07. The maximum atomic E-state index is 13.0. The van der Waals surface area contributed by atoms with Crippen molar-refractivity contribution in [3.63, 3.8) is 0 Å². The number of carbonyl (C=O) groups is 2. The molecule has 4 nitrogen and oxygen atoms in total. The first-order valence-electron chi connectivity index (χ1n) is 8.75. The molecule has 0 saturated heterocycles. The topological polar surface area (TPSA) is 50.5 Å². The van der Waals surface area contributed by atoms with Gasteiger partial charge < -0.3 is 4.42 Å². The van der Waals surface area contributed by atoms with Crippen LogP contribution in [0.15, 0.2) is 52.3 Å². The summed E-state index contributed by atoms with van der Waals surface area (Å²) in [4.78, 5) is 27.5. The zero-order valence-corrected chi connectivity index (χ0v) is 14.5. The number of allylic oxidation sites excluding steroid dienone is 2. The maximum absolute atomic E-state index is 13.0. The molecule has 128 valence electrons. The Morgan fingerprint density at radius 1 is 1.08 bits per heavy atom. The zero-order valence-electron chi connectivity index (χ0n) is 14.5. The van der Waals surface area contributed by atoms with Crippen LogP contribution in [0.4, 0.5) is 5.69 Å². The first-order chi connectivity index (χ1) is 12.0. The summed E-state index contributed by atoms with van der Waals surface area (Å²) < 4.78 is 5.54. The molecular weight excluding hydrogens is 314 g/mol. The molecule has 2 heterocycles. The second-order valence-corrected chi connectivity index (χ2v) is 6.98. The van der Waals surface area contributed by atoms with Crippen LogP contribution in [0.5, 0.6) is 0 Å². The van der Waals surface area contributed by atoms with Gasteiger partial charge in [-0.3, -0.25) is 14.5 Å². The van der Waals surface area contributed by atoms with Gasteiger partial charge in [-0.2, -0.15) is 0 Å². The minimum atomic E-state index is -0.257. The van der Waals surface area contributed by atoms with Gasteiger partial charge >= 0.3 is 0 Å². The molecule has 2 aromatic rings. The van der Waals surface area contributed by atoms with Gasteiger partial charge in [-0.15, -0.1) is 0 Å². The summed E-state index contributed by atoms with van der Waals surface area (Å²) in [6, 6.07) is 9.79. The Balaban J connectivity index is 1.88. The summed E-state index contributed by atoms with van der Waals surface area (Å²) in [5.74, 6) is 0.619. The van der Waals surface area contributed by atoms with Crippen LogP contribution in [0.3, 0.4) is 0 Å². The summed E-state index contributed by atoms with van der Waals surface area (Å²) in [6.45, 7) is 4.05. The molecule has 0 bridgehead atoms. The molecule has 1 aromatic heterocycles. The van der Waals surface area contributed by atoms with Crippen LogP contribution in [0.1, 0.15) is 48.5 Å². The average Bonchev–Trinajstić information content (AvgIpc) is 3.07. The summed E-state index contributed by atoms with van der Waals surface area (Å²) >= 11 is 0. The van der Waals surface area contributed by atoms with Crippen LogP contribution in [-0.2, 0) is 9.59 Å². The molecule has 1 amide bonds. The minimum Gasteiger partial charge on any atom is -0.469 e. The van der Waals surface area contributed by atoms with Crippen molar-refractivity contribution >= 4 is 17.4 Å². The van der Waals surface area contributed by atoms with Crippen molar-refractivity contribution in [3.8, 4) is 0 Å². The van der Waals surface area contributed by atoms with Crippen molar-refractivity contribution < 1.29 is 14.0 Å². The number of ketones is 1. The monoisotopic (exact) mass is 335 g/mol. The molecule has 4 heteroatoms. The molecule has 1 aliphatic carbocycles. The van der Waals surface area contributed by atoms with Crippen molar-refractivity contribution in [1.82, 2.24) is 0 Å². The predicted molar refractivity (Wildman–Crippen MR) is 95.4 cm³/mol. The fourth-order valence-electron chi connectivity index (χ4n) is 4.10. The number of hydrogen-bond acceptors (Lipinski definition) is 3. The number of nitrogens with zero attached hydrogens (tertiary/aromatic N) is 1. The quantitative estimate of drug-likeness (QED) is 0.816. The number of rotatable bonds is 2. The number of Topliss-reactive ketones (excluding diaryl/α,β-unsaturated/α-hetero) is 1. The molecule has 1 atom stereocenters. The lowest BCUT2D eigenvalue weighted by atomic mass is 9.79. The first kappa shape index (κ1) is 15.9. The largest absolute Gasteiger partial charge is 0.469 e. The van der Waals surface area contributed by atoms with E-state index in [9.17, 15) is 9.59 Å². The van der Waals surface area contributed by atoms with E-state index in [-0.39, 0.29) is 24.0 Å². The molecule has 25 heavy (non-hydrogen) atoms. The third-order valence-electron chi connectivity index (χ3n) is 5.03. The van der Waals surface area contributed by atoms with E-state index in [0.717, 1.165) is 40.9 Å². The van der Waals surface area contributed by atoms with E-state index in [2.05, 4.69) is 6.07 Å². The number of aryl methyl sites for hydroxylation is 2. The standard InChI is InChI=1S/C21H21NO3/c1-13-9-14(2)11-15(10-13)22-17-5-3-6-18(23)21(17)16(12-20(22)24)19-7-4-8-25-19/h4,7-11,16H,3,5-6,12H2,1-2H3.